The molecule has 2 amide bonds. The second-order valence-corrected chi connectivity index (χ2v) is 7.85. The van der Waals surface area contributed by atoms with E-state index in [1.165, 1.54) is 0 Å². The summed E-state index contributed by atoms with van der Waals surface area (Å²) in [5.74, 6) is -0.843. The molecule has 0 radical (unpaired) electrons. The van der Waals surface area contributed by atoms with Gasteiger partial charge in [-0.15, -0.1) is 0 Å². The van der Waals surface area contributed by atoms with Crippen molar-refractivity contribution >= 4 is 34.9 Å². The number of para-hydroxylation sites is 2. The van der Waals surface area contributed by atoms with Crippen LogP contribution >= 0.6 is 0 Å². The van der Waals surface area contributed by atoms with Gasteiger partial charge in [-0.2, -0.15) is 0 Å². The fourth-order valence-electron chi connectivity index (χ4n) is 4.37. The number of nitrogens with zero attached hydrogens (tertiary/aromatic N) is 2. The highest BCUT2D eigenvalue weighted by Crippen LogP contribution is 2.35. The summed E-state index contributed by atoms with van der Waals surface area (Å²) in [6.07, 6.45) is 2.41. The van der Waals surface area contributed by atoms with E-state index in [-0.39, 0.29) is 30.4 Å². The third kappa shape index (κ3) is 4.21. The number of ketones is 1. The molecule has 3 aliphatic rings. The van der Waals surface area contributed by atoms with Gasteiger partial charge in [0.1, 0.15) is 0 Å². The quantitative estimate of drug-likeness (QED) is 0.824. The molecular weight excluding hydrogens is 396 g/mol. The first kappa shape index (κ1) is 20.8. The van der Waals surface area contributed by atoms with Gasteiger partial charge < -0.3 is 14.9 Å². The lowest BCUT2D eigenvalue weighted by Gasteiger charge is -2.16. The van der Waals surface area contributed by atoms with E-state index < -0.39 is 5.97 Å². The van der Waals surface area contributed by atoms with Crippen molar-refractivity contribution in [1.29, 1.82) is 0 Å². The van der Waals surface area contributed by atoms with Crippen LogP contribution in [0.1, 0.15) is 47.2 Å². The van der Waals surface area contributed by atoms with Gasteiger partial charge in [-0.3, -0.25) is 19.2 Å². The van der Waals surface area contributed by atoms with Crippen molar-refractivity contribution in [2.75, 3.05) is 22.9 Å². The molecule has 0 atom stereocenters. The average Bonchev–Trinajstić information content (AvgIpc) is 3.37. The smallest absolute Gasteiger partial charge is 0.303 e. The van der Waals surface area contributed by atoms with E-state index in [9.17, 15) is 19.2 Å². The first-order valence-electron chi connectivity index (χ1n) is 10.5. The molecule has 1 N–H and O–H groups in total. The van der Waals surface area contributed by atoms with Crippen LogP contribution in [0.25, 0.3) is 0 Å². The number of aliphatic carboxylic acids is 1. The summed E-state index contributed by atoms with van der Waals surface area (Å²) in [5.41, 5.74) is 4.83. The Morgan fingerprint density at radius 1 is 0.839 bits per heavy atom. The van der Waals surface area contributed by atoms with Crippen molar-refractivity contribution in [2.24, 2.45) is 0 Å². The second kappa shape index (κ2) is 8.71. The van der Waals surface area contributed by atoms with Gasteiger partial charge in [-0.05, 0) is 36.1 Å². The van der Waals surface area contributed by atoms with Crippen LogP contribution in [0.5, 0.6) is 0 Å². The molecule has 2 aromatic rings. The summed E-state index contributed by atoms with van der Waals surface area (Å²) in [5, 5.41) is 8.53. The fraction of sp³-hybridized carbons (Fsp3) is 0.333. The van der Waals surface area contributed by atoms with E-state index in [0.29, 0.717) is 19.4 Å². The van der Waals surface area contributed by atoms with E-state index in [1.54, 1.807) is 9.80 Å². The lowest BCUT2D eigenvalue weighted by atomic mass is 10.0. The van der Waals surface area contributed by atoms with Gasteiger partial charge >= 0.3 is 5.97 Å². The maximum Gasteiger partial charge on any atom is 0.303 e. The van der Waals surface area contributed by atoms with Gasteiger partial charge in [0.25, 0.3) is 0 Å². The van der Waals surface area contributed by atoms with Gasteiger partial charge in [0.2, 0.25) is 11.8 Å². The summed E-state index contributed by atoms with van der Waals surface area (Å²) >= 11 is 0. The summed E-state index contributed by atoms with van der Waals surface area (Å²) in [6, 6.07) is 13.5. The number of carbonyl (C=O) groups excluding carboxylic acids is 3. The molecular formula is C24H24N2O5. The normalized spacial score (nSPS) is 16.3. The Labute approximate surface area is 180 Å². The van der Waals surface area contributed by atoms with Gasteiger partial charge in [-0.1, -0.05) is 30.3 Å². The van der Waals surface area contributed by atoms with Crippen molar-refractivity contribution in [3.8, 4) is 0 Å². The Bertz CT molecular complexity index is 1060. The summed E-state index contributed by atoms with van der Waals surface area (Å²) in [6.45, 7) is 1.40. The number of hydrogen-bond acceptors (Lipinski definition) is 4. The highest BCUT2D eigenvalue weighted by Gasteiger charge is 2.32. The molecule has 160 valence electrons. The van der Waals surface area contributed by atoms with Crippen molar-refractivity contribution in [3.05, 3.63) is 59.2 Å². The van der Waals surface area contributed by atoms with Crippen LogP contribution in [-0.2, 0) is 27.2 Å². The highest BCUT2D eigenvalue weighted by molar-refractivity contribution is 6.11. The molecule has 0 unspecified atom stereocenters. The van der Waals surface area contributed by atoms with Crippen molar-refractivity contribution < 1.29 is 24.3 Å². The third-order valence-corrected chi connectivity index (χ3v) is 5.90. The summed E-state index contributed by atoms with van der Waals surface area (Å²) < 4.78 is 0. The molecule has 31 heavy (non-hydrogen) atoms. The predicted molar refractivity (Wildman–Crippen MR) is 115 cm³/mol. The molecule has 7 heteroatoms. The van der Waals surface area contributed by atoms with Crippen molar-refractivity contribution in [1.82, 2.24) is 0 Å². The highest BCUT2D eigenvalue weighted by atomic mass is 16.4. The van der Waals surface area contributed by atoms with Crippen LogP contribution in [-0.4, -0.2) is 41.8 Å². The van der Waals surface area contributed by atoms with E-state index in [0.717, 1.165) is 47.5 Å². The van der Waals surface area contributed by atoms with E-state index in [2.05, 4.69) is 0 Å². The fourth-order valence-corrected chi connectivity index (χ4v) is 4.37. The van der Waals surface area contributed by atoms with Crippen LogP contribution in [0.3, 0.4) is 0 Å². The minimum Gasteiger partial charge on any atom is -0.481 e. The largest absolute Gasteiger partial charge is 0.481 e. The second-order valence-electron chi connectivity index (χ2n) is 7.85. The molecule has 0 aliphatic carbocycles. The van der Waals surface area contributed by atoms with E-state index in [4.69, 9.17) is 5.11 Å². The number of fused-ring (bicyclic) bond motifs is 1. The lowest BCUT2D eigenvalue weighted by Crippen LogP contribution is -2.29. The van der Waals surface area contributed by atoms with Gasteiger partial charge in [0.05, 0.1) is 12.1 Å². The molecule has 3 heterocycles. The Morgan fingerprint density at radius 3 is 2.39 bits per heavy atom. The number of amides is 2. The number of benzene rings is 2. The molecule has 0 spiro atoms. The molecule has 0 aromatic heterocycles. The van der Waals surface area contributed by atoms with Crippen molar-refractivity contribution in [3.63, 3.8) is 0 Å². The summed E-state index contributed by atoms with van der Waals surface area (Å²) in [4.78, 5) is 49.2. The minimum atomic E-state index is -0.930. The Kier molecular flexibility index (Phi) is 5.84. The van der Waals surface area contributed by atoms with E-state index in [1.807, 2.05) is 42.5 Å². The number of carboxylic acid groups (broad SMARTS) is 1. The number of anilines is 2. The SMILES string of the molecule is O=C(O)CCC(=O)N1CCc2ccccc21.O=C1CCC(=O)N2CCc3cccc1c32. The first-order chi connectivity index (χ1) is 15.0. The van der Waals surface area contributed by atoms with Gasteiger partial charge in [0.15, 0.2) is 5.78 Å². The Balaban J connectivity index is 0.000000149. The number of carbonyl (C=O) groups is 4. The third-order valence-electron chi connectivity index (χ3n) is 5.90. The number of hydrogen-bond donors (Lipinski definition) is 1. The van der Waals surface area contributed by atoms with Crippen LogP contribution in [0, 0.1) is 0 Å². The molecule has 3 aliphatic heterocycles. The molecule has 0 saturated carbocycles. The van der Waals surface area contributed by atoms with Crippen LogP contribution in [0.15, 0.2) is 42.5 Å². The maximum absolute atomic E-state index is 11.8. The molecule has 0 fully saturated rings. The molecule has 0 bridgehead atoms. The summed E-state index contributed by atoms with van der Waals surface area (Å²) in [7, 11) is 0. The van der Waals surface area contributed by atoms with E-state index >= 15 is 0 Å². The van der Waals surface area contributed by atoms with Crippen molar-refractivity contribution in [2.45, 2.75) is 38.5 Å². The minimum absolute atomic E-state index is 0.0731. The standard InChI is InChI=1S/C12H13NO3.C12H11NO2/c14-11(5-6-12(15)16)13-8-7-9-3-1-2-4-10(9)13;14-10-4-5-11(15)13-7-6-8-2-1-3-9(10)12(8)13/h1-4H,5-8H2,(H,15,16);1-3H,4-7H2. The zero-order valence-electron chi connectivity index (χ0n) is 17.2. The van der Waals surface area contributed by atoms with Gasteiger partial charge in [-0.25, -0.2) is 0 Å². The molecule has 0 saturated heterocycles. The van der Waals surface area contributed by atoms with Crippen LogP contribution < -0.4 is 9.80 Å². The zero-order chi connectivity index (χ0) is 22.0. The first-order valence-corrected chi connectivity index (χ1v) is 10.5. The molecule has 5 rings (SSSR count). The monoisotopic (exact) mass is 420 g/mol. The lowest BCUT2D eigenvalue weighted by molar-refractivity contribution is -0.138. The average molecular weight is 420 g/mol. The Hall–Kier alpha value is -3.48. The predicted octanol–water partition coefficient (Wildman–Crippen LogP) is 2.99. The molecule has 2 aromatic carbocycles. The molecule has 7 nitrogen and oxygen atoms in total. The number of rotatable bonds is 3. The Morgan fingerprint density at radius 2 is 1.58 bits per heavy atom. The maximum atomic E-state index is 11.8. The topological polar surface area (TPSA) is 95.0 Å². The number of Topliss-reactive ketones (excluding diaryl/α,β-unsaturated/α-hetero) is 1. The number of carboxylic acids is 1. The van der Waals surface area contributed by atoms with Crippen LogP contribution in [0.4, 0.5) is 11.4 Å². The van der Waals surface area contributed by atoms with Crippen LogP contribution in [0.2, 0.25) is 0 Å². The van der Waals surface area contributed by atoms with Gasteiger partial charge in [0, 0.05) is 43.6 Å². The zero-order valence-corrected chi connectivity index (χ0v) is 17.2.